The molecule has 3 rings (SSSR count). The van der Waals surface area contributed by atoms with Gasteiger partial charge in [0.1, 0.15) is 5.75 Å². The summed E-state index contributed by atoms with van der Waals surface area (Å²) in [5, 5.41) is 9.91. The van der Waals surface area contributed by atoms with Crippen LogP contribution in [0.2, 0.25) is 0 Å². The maximum atomic E-state index is 12.6. The second kappa shape index (κ2) is 5.56. The maximum absolute atomic E-state index is 12.6. The second-order valence-electron chi connectivity index (χ2n) is 6.13. The molecule has 1 amide bonds. The maximum Gasteiger partial charge on any atom is 0.242 e. The fourth-order valence-electron chi connectivity index (χ4n) is 3.42. The van der Waals surface area contributed by atoms with E-state index in [4.69, 9.17) is 5.73 Å². The first-order chi connectivity index (χ1) is 10.1. The normalized spacial score (nSPS) is 21.6. The van der Waals surface area contributed by atoms with Gasteiger partial charge in [0.2, 0.25) is 5.91 Å². The number of benzene rings is 1. The van der Waals surface area contributed by atoms with Crippen molar-refractivity contribution in [2.45, 2.75) is 31.2 Å². The number of phenolic OH excluding ortho intramolecular Hbond substituents is 1. The molecule has 2 aliphatic rings. The Balaban J connectivity index is 1.63. The average molecular weight is 289 g/mol. The Bertz CT molecular complexity index is 518. The number of nitrogens with two attached hydrogens (primary N) is 1. The molecule has 0 aromatic heterocycles. The Morgan fingerprint density at radius 2 is 1.71 bits per heavy atom. The molecule has 5 nitrogen and oxygen atoms in total. The first-order valence-corrected chi connectivity index (χ1v) is 7.71. The lowest BCUT2D eigenvalue weighted by Crippen LogP contribution is -2.58. The van der Waals surface area contributed by atoms with Gasteiger partial charge >= 0.3 is 0 Å². The summed E-state index contributed by atoms with van der Waals surface area (Å²) in [6.45, 7) is 2.82. The third-order valence-electron chi connectivity index (χ3n) is 4.71. The summed E-state index contributed by atoms with van der Waals surface area (Å²) in [6, 6.07) is 7.34. The highest BCUT2D eigenvalue weighted by atomic mass is 16.3. The van der Waals surface area contributed by atoms with Crippen molar-refractivity contribution in [2.75, 3.05) is 31.1 Å². The van der Waals surface area contributed by atoms with E-state index < -0.39 is 5.54 Å². The van der Waals surface area contributed by atoms with Crippen molar-refractivity contribution in [3.63, 3.8) is 0 Å². The van der Waals surface area contributed by atoms with Crippen molar-refractivity contribution in [3.05, 3.63) is 24.3 Å². The third-order valence-corrected chi connectivity index (χ3v) is 4.71. The molecule has 5 heteroatoms. The summed E-state index contributed by atoms with van der Waals surface area (Å²) in [6.07, 6.45) is 3.73. The molecule has 1 aromatic rings. The minimum atomic E-state index is -0.628. The Morgan fingerprint density at radius 1 is 1.10 bits per heavy atom. The van der Waals surface area contributed by atoms with Gasteiger partial charge in [0, 0.05) is 26.2 Å². The number of hydrogen-bond donors (Lipinski definition) is 2. The summed E-state index contributed by atoms with van der Waals surface area (Å²) in [5.41, 5.74) is 6.47. The van der Waals surface area contributed by atoms with Crippen molar-refractivity contribution in [1.29, 1.82) is 0 Å². The number of hydrogen-bond acceptors (Lipinski definition) is 4. The lowest BCUT2D eigenvalue weighted by atomic mass is 9.97. The predicted molar refractivity (Wildman–Crippen MR) is 82.3 cm³/mol. The molecule has 21 heavy (non-hydrogen) atoms. The van der Waals surface area contributed by atoms with Crippen molar-refractivity contribution < 1.29 is 9.90 Å². The zero-order chi connectivity index (χ0) is 14.9. The quantitative estimate of drug-likeness (QED) is 0.861. The molecular weight excluding hydrogens is 266 g/mol. The summed E-state index contributed by atoms with van der Waals surface area (Å²) in [7, 11) is 0. The summed E-state index contributed by atoms with van der Waals surface area (Å²) in [4.78, 5) is 16.6. The zero-order valence-electron chi connectivity index (χ0n) is 12.3. The summed E-state index contributed by atoms with van der Waals surface area (Å²) in [5.74, 6) is 0.403. The number of aromatic hydroxyl groups is 1. The van der Waals surface area contributed by atoms with Crippen molar-refractivity contribution in [2.24, 2.45) is 5.73 Å². The van der Waals surface area contributed by atoms with Gasteiger partial charge in [0.25, 0.3) is 0 Å². The van der Waals surface area contributed by atoms with Gasteiger partial charge in [-0.2, -0.15) is 0 Å². The smallest absolute Gasteiger partial charge is 0.242 e. The van der Waals surface area contributed by atoms with Crippen LogP contribution >= 0.6 is 0 Å². The molecule has 1 saturated heterocycles. The van der Waals surface area contributed by atoms with Gasteiger partial charge in [-0.3, -0.25) is 4.79 Å². The molecule has 0 spiro atoms. The lowest BCUT2D eigenvalue weighted by Gasteiger charge is -2.39. The molecule has 0 unspecified atom stereocenters. The molecule has 0 bridgehead atoms. The van der Waals surface area contributed by atoms with Crippen LogP contribution in [0.3, 0.4) is 0 Å². The Morgan fingerprint density at radius 3 is 2.33 bits per heavy atom. The highest BCUT2D eigenvalue weighted by molar-refractivity contribution is 5.86. The monoisotopic (exact) mass is 289 g/mol. The highest BCUT2D eigenvalue weighted by Gasteiger charge is 2.40. The van der Waals surface area contributed by atoms with E-state index in [1.165, 1.54) is 0 Å². The van der Waals surface area contributed by atoms with Crippen LogP contribution in [-0.2, 0) is 4.79 Å². The van der Waals surface area contributed by atoms with Gasteiger partial charge in [0.05, 0.1) is 11.2 Å². The Kier molecular flexibility index (Phi) is 3.76. The van der Waals surface area contributed by atoms with Gasteiger partial charge in [-0.25, -0.2) is 0 Å². The number of para-hydroxylation sites is 2. The van der Waals surface area contributed by atoms with E-state index in [1.54, 1.807) is 6.07 Å². The lowest BCUT2D eigenvalue weighted by molar-refractivity contribution is -0.137. The number of phenols is 1. The van der Waals surface area contributed by atoms with E-state index in [9.17, 15) is 9.90 Å². The first kappa shape index (κ1) is 14.2. The molecule has 3 N–H and O–H groups in total. The van der Waals surface area contributed by atoms with Gasteiger partial charge in [-0.05, 0) is 25.0 Å². The standard InChI is InChI=1S/C16H23N3O2/c17-16(7-3-4-8-16)15(21)19-11-9-18(10-12-19)13-5-1-2-6-14(13)20/h1-2,5-6,20H,3-4,7-12,17H2. The second-order valence-corrected chi connectivity index (χ2v) is 6.13. The summed E-state index contributed by atoms with van der Waals surface area (Å²) >= 11 is 0. The highest BCUT2D eigenvalue weighted by Crippen LogP contribution is 2.31. The molecule has 0 radical (unpaired) electrons. The van der Waals surface area contributed by atoms with E-state index in [1.807, 2.05) is 23.1 Å². The minimum absolute atomic E-state index is 0.108. The zero-order valence-corrected chi connectivity index (χ0v) is 12.3. The molecule has 1 aromatic carbocycles. The van der Waals surface area contributed by atoms with E-state index in [0.29, 0.717) is 18.8 Å². The van der Waals surface area contributed by atoms with Gasteiger partial charge in [0.15, 0.2) is 0 Å². The van der Waals surface area contributed by atoms with Crippen LogP contribution in [0.5, 0.6) is 5.75 Å². The third kappa shape index (κ3) is 2.70. The fraction of sp³-hybridized carbons (Fsp3) is 0.562. The molecule has 1 aliphatic heterocycles. The molecular formula is C16H23N3O2. The van der Waals surface area contributed by atoms with E-state index >= 15 is 0 Å². The van der Waals surface area contributed by atoms with E-state index in [-0.39, 0.29) is 5.91 Å². The van der Waals surface area contributed by atoms with Gasteiger partial charge in [-0.15, -0.1) is 0 Å². The largest absolute Gasteiger partial charge is 0.506 e. The van der Waals surface area contributed by atoms with Crippen LogP contribution in [0.25, 0.3) is 0 Å². The number of rotatable bonds is 2. The van der Waals surface area contributed by atoms with Crippen molar-refractivity contribution in [3.8, 4) is 5.75 Å². The number of anilines is 1. The van der Waals surface area contributed by atoms with Crippen LogP contribution in [0.4, 0.5) is 5.69 Å². The van der Waals surface area contributed by atoms with Crippen molar-refractivity contribution in [1.82, 2.24) is 4.90 Å². The Labute approximate surface area is 125 Å². The molecule has 1 aliphatic carbocycles. The first-order valence-electron chi connectivity index (χ1n) is 7.71. The van der Waals surface area contributed by atoms with Gasteiger partial charge in [-0.1, -0.05) is 25.0 Å². The molecule has 114 valence electrons. The summed E-state index contributed by atoms with van der Waals surface area (Å²) < 4.78 is 0. The van der Waals surface area contributed by atoms with E-state index in [2.05, 4.69) is 4.90 Å². The van der Waals surface area contributed by atoms with Crippen LogP contribution < -0.4 is 10.6 Å². The number of carbonyl (C=O) groups is 1. The number of carbonyl (C=O) groups excluding carboxylic acids is 1. The topological polar surface area (TPSA) is 69.8 Å². The van der Waals surface area contributed by atoms with Crippen LogP contribution in [0, 0.1) is 0 Å². The fourth-order valence-corrected chi connectivity index (χ4v) is 3.42. The van der Waals surface area contributed by atoms with Crippen molar-refractivity contribution >= 4 is 11.6 Å². The van der Waals surface area contributed by atoms with Crippen LogP contribution in [0.1, 0.15) is 25.7 Å². The number of nitrogens with zero attached hydrogens (tertiary/aromatic N) is 2. The molecule has 0 atom stereocenters. The van der Waals surface area contributed by atoms with E-state index in [0.717, 1.165) is 44.5 Å². The number of piperazine rings is 1. The molecule has 1 saturated carbocycles. The van der Waals surface area contributed by atoms with Crippen LogP contribution in [-0.4, -0.2) is 47.6 Å². The number of amides is 1. The average Bonchev–Trinajstić information content (AvgIpc) is 2.95. The van der Waals surface area contributed by atoms with Crippen LogP contribution in [0.15, 0.2) is 24.3 Å². The SMILES string of the molecule is NC1(C(=O)N2CCN(c3ccccc3O)CC2)CCCC1. The molecule has 1 heterocycles. The van der Waals surface area contributed by atoms with Gasteiger partial charge < -0.3 is 20.6 Å². The minimum Gasteiger partial charge on any atom is -0.506 e. The molecule has 2 fully saturated rings. The Hall–Kier alpha value is -1.75. The predicted octanol–water partition coefficient (Wildman–Crippen LogP) is 1.31.